The first kappa shape index (κ1) is 19.3. The molecule has 106 valence electrons. The lowest BCUT2D eigenvalue weighted by Crippen LogP contribution is -2.24. The van der Waals surface area contributed by atoms with Crippen LogP contribution in [-0.2, 0) is 0 Å². The van der Waals surface area contributed by atoms with E-state index >= 15 is 0 Å². The summed E-state index contributed by atoms with van der Waals surface area (Å²) in [5, 5.41) is 9.15. The number of aliphatic hydroxyl groups excluding tert-OH is 1. The molecule has 2 nitrogen and oxygen atoms in total. The molecule has 0 fully saturated rings. The van der Waals surface area contributed by atoms with Crippen molar-refractivity contribution in [3.63, 3.8) is 0 Å². The van der Waals surface area contributed by atoms with Gasteiger partial charge in [0.2, 0.25) is 0 Å². The van der Waals surface area contributed by atoms with Crippen molar-refractivity contribution >= 4 is 0 Å². The van der Waals surface area contributed by atoms with Crippen molar-refractivity contribution in [2.24, 2.45) is 5.92 Å². The van der Waals surface area contributed by atoms with Gasteiger partial charge in [-0.3, -0.25) is 0 Å². The van der Waals surface area contributed by atoms with E-state index in [1.165, 1.54) is 38.6 Å². The summed E-state index contributed by atoms with van der Waals surface area (Å²) in [5.41, 5.74) is 0. The first-order chi connectivity index (χ1) is 8.28. The number of hydrogen-bond acceptors (Lipinski definition) is 2. The van der Waals surface area contributed by atoms with E-state index in [0.717, 1.165) is 13.1 Å². The van der Waals surface area contributed by atoms with Gasteiger partial charge in [-0.2, -0.15) is 0 Å². The largest absolute Gasteiger partial charge is 0.396 e. The summed E-state index contributed by atoms with van der Waals surface area (Å²) in [7, 11) is 0. The minimum absolute atomic E-state index is 0.374. The SMILES string of the molecule is CC.CCCC(CO)CCCCN(CC)CC. The molecule has 0 bridgehead atoms. The second kappa shape index (κ2) is 15.9. The summed E-state index contributed by atoms with van der Waals surface area (Å²) < 4.78 is 0. The Hall–Kier alpha value is -0.0800. The van der Waals surface area contributed by atoms with Crippen molar-refractivity contribution < 1.29 is 5.11 Å². The molecule has 0 saturated carbocycles. The van der Waals surface area contributed by atoms with Crippen LogP contribution in [0.2, 0.25) is 0 Å². The van der Waals surface area contributed by atoms with E-state index < -0.39 is 0 Å². The number of rotatable bonds is 10. The van der Waals surface area contributed by atoms with Gasteiger partial charge < -0.3 is 10.0 Å². The monoisotopic (exact) mass is 245 g/mol. The van der Waals surface area contributed by atoms with Crippen molar-refractivity contribution in [3.8, 4) is 0 Å². The highest BCUT2D eigenvalue weighted by atomic mass is 16.3. The number of unbranched alkanes of at least 4 members (excludes halogenated alkanes) is 1. The molecule has 0 rings (SSSR count). The van der Waals surface area contributed by atoms with E-state index in [1.54, 1.807) is 0 Å². The molecule has 2 heteroatoms. The van der Waals surface area contributed by atoms with Crippen LogP contribution in [0.1, 0.15) is 66.7 Å². The molecule has 0 aliphatic heterocycles. The maximum absolute atomic E-state index is 9.15. The van der Waals surface area contributed by atoms with Gasteiger partial charge in [0.1, 0.15) is 0 Å². The first-order valence-corrected chi connectivity index (χ1v) is 7.61. The second-order valence-electron chi connectivity index (χ2n) is 4.36. The van der Waals surface area contributed by atoms with E-state index in [9.17, 15) is 0 Å². The third kappa shape index (κ3) is 12.2. The molecule has 0 aliphatic rings. The van der Waals surface area contributed by atoms with Gasteiger partial charge >= 0.3 is 0 Å². The molecule has 1 unspecified atom stereocenters. The Morgan fingerprint density at radius 2 is 1.53 bits per heavy atom. The van der Waals surface area contributed by atoms with Crippen molar-refractivity contribution in [3.05, 3.63) is 0 Å². The number of hydrogen-bond donors (Lipinski definition) is 1. The summed E-state index contributed by atoms with van der Waals surface area (Å²) in [6, 6.07) is 0. The second-order valence-corrected chi connectivity index (χ2v) is 4.36. The van der Waals surface area contributed by atoms with E-state index in [1.807, 2.05) is 13.8 Å². The van der Waals surface area contributed by atoms with Gasteiger partial charge in [-0.05, 0) is 44.8 Å². The molecule has 0 radical (unpaired) electrons. The highest BCUT2D eigenvalue weighted by molar-refractivity contribution is 4.59. The van der Waals surface area contributed by atoms with E-state index in [0.29, 0.717) is 12.5 Å². The van der Waals surface area contributed by atoms with Gasteiger partial charge in [0.25, 0.3) is 0 Å². The Bertz CT molecular complexity index is 124. The molecule has 0 aromatic rings. The van der Waals surface area contributed by atoms with Crippen LogP contribution < -0.4 is 0 Å². The highest BCUT2D eigenvalue weighted by Crippen LogP contribution is 2.14. The molecule has 0 aromatic heterocycles. The van der Waals surface area contributed by atoms with E-state index in [2.05, 4.69) is 25.7 Å². The third-order valence-corrected chi connectivity index (χ3v) is 3.19. The summed E-state index contributed by atoms with van der Waals surface area (Å²) >= 11 is 0. The lowest BCUT2D eigenvalue weighted by molar-refractivity contribution is 0.203. The van der Waals surface area contributed by atoms with Gasteiger partial charge in [0.05, 0.1) is 0 Å². The van der Waals surface area contributed by atoms with Crippen LogP contribution in [0.25, 0.3) is 0 Å². The van der Waals surface area contributed by atoms with E-state index in [4.69, 9.17) is 5.11 Å². The first-order valence-electron chi connectivity index (χ1n) is 7.61. The van der Waals surface area contributed by atoms with Crippen molar-refractivity contribution in [2.75, 3.05) is 26.2 Å². The van der Waals surface area contributed by atoms with Crippen LogP contribution in [0, 0.1) is 5.92 Å². The molecule has 0 amide bonds. The summed E-state index contributed by atoms with van der Waals surface area (Å²) in [6.45, 7) is 14.5. The molecule has 0 spiro atoms. The zero-order valence-corrected chi connectivity index (χ0v) is 12.8. The minimum Gasteiger partial charge on any atom is -0.396 e. The quantitative estimate of drug-likeness (QED) is 0.589. The Labute approximate surface area is 109 Å². The summed E-state index contributed by atoms with van der Waals surface area (Å²) in [5.74, 6) is 0.548. The maximum Gasteiger partial charge on any atom is 0.0459 e. The minimum atomic E-state index is 0.374. The molecule has 1 atom stereocenters. The smallest absolute Gasteiger partial charge is 0.0459 e. The zero-order chi connectivity index (χ0) is 13.5. The molecule has 0 aromatic carbocycles. The Kier molecular flexibility index (Phi) is 18.0. The maximum atomic E-state index is 9.15. The van der Waals surface area contributed by atoms with E-state index in [-0.39, 0.29) is 0 Å². The van der Waals surface area contributed by atoms with Crippen molar-refractivity contribution in [1.82, 2.24) is 4.90 Å². The molecular formula is C15H35NO. The summed E-state index contributed by atoms with van der Waals surface area (Å²) in [6.07, 6.45) is 6.12. The Morgan fingerprint density at radius 1 is 0.941 bits per heavy atom. The predicted molar refractivity (Wildman–Crippen MR) is 78.5 cm³/mol. The van der Waals surface area contributed by atoms with Gasteiger partial charge in [0, 0.05) is 6.61 Å². The standard InChI is InChI=1S/C13H29NO.C2H6/c1-4-9-13(12-15)10-7-8-11-14(5-2)6-3;1-2/h13,15H,4-12H2,1-3H3;1-2H3. The lowest BCUT2D eigenvalue weighted by Gasteiger charge is -2.18. The van der Waals surface area contributed by atoms with Gasteiger partial charge in [-0.1, -0.05) is 47.5 Å². The molecule has 0 saturated heterocycles. The highest BCUT2D eigenvalue weighted by Gasteiger charge is 2.06. The number of nitrogens with zero attached hydrogens (tertiary/aromatic N) is 1. The zero-order valence-electron chi connectivity index (χ0n) is 12.8. The van der Waals surface area contributed by atoms with Crippen molar-refractivity contribution in [1.29, 1.82) is 0 Å². The molecule has 1 N–H and O–H groups in total. The van der Waals surface area contributed by atoms with Crippen LogP contribution in [0.4, 0.5) is 0 Å². The van der Waals surface area contributed by atoms with Crippen LogP contribution >= 0.6 is 0 Å². The van der Waals surface area contributed by atoms with Crippen molar-refractivity contribution in [2.45, 2.75) is 66.7 Å². The Morgan fingerprint density at radius 3 is 1.94 bits per heavy atom. The van der Waals surface area contributed by atoms with Crippen LogP contribution in [0.15, 0.2) is 0 Å². The fourth-order valence-corrected chi connectivity index (χ4v) is 2.04. The fourth-order valence-electron chi connectivity index (χ4n) is 2.04. The van der Waals surface area contributed by atoms with Gasteiger partial charge in [0.15, 0.2) is 0 Å². The topological polar surface area (TPSA) is 23.5 Å². The predicted octanol–water partition coefficient (Wildman–Crippen LogP) is 3.93. The third-order valence-electron chi connectivity index (χ3n) is 3.19. The molecule has 0 heterocycles. The summed E-state index contributed by atoms with van der Waals surface area (Å²) in [4.78, 5) is 2.47. The average Bonchev–Trinajstić information content (AvgIpc) is 2.40. The average molecular weight is 245 g/mol. The Balaban J connectivity index is 0. The normalized spacial score (nSPS) is 12.2. The molecule has 0 aliphatic carbocycles. The fraction of sp³-hybridized carbons (Fsp3) is 1.00. The molecule has 17 heavy (non-hydrogen) atoms. The lowest BCUT2D eigenvalue weighted by atomic mass is 9.98. The van der Waals surface area contributed by atoms with Gasteiger partial charge in [-0.25, -0.2) is 0 Å². The van der Waals surface area contributed by atoms with Gasteiger partial charge in [-0.15, -0.1) is 0 Å². The molecular weight excluding hydrogens is 210 g/mol. The number of aliphatic hydroxyl groups is 1. The van der Waals surface area contributed by atoms with Crippen LogP contribution in [0.3, 0.4) is 0 Å². The van der Waals surface area contributed by atoms with Crippen LogP contribution in [-0.4, -0.2) is 36.2 Å². The van der Waals surface area contributed by atoms with Crippen LogP contribution in [0.5, 0.6) is 0 Å².